The number of nitro benzene ring substituents is 1. The third kappa shape index (κ3) is 6.80. The van der Waals surface area contributed by atoms with Crippen molar-refractivity contribution < 1.29 is 13.3 Å². The number of anilines is 2. The van der Waals surface area contributed by atoms with Gasteiger partial charge in [0.15, 0.2) is 0 Å². The molecule has 0 spiro atoms. The lowest BCUT2D eigenvalue weighted by molar-refractivity contribution is -0.385. The fourth-order valence-corrected chi connectivity index (χ4v) is 5.08. The van der Waals surface area contributed by atoms with E-state index in [-0.39, 0.29) is 16.3 Å². The molecule has 4 rings (SSSR count). The number of aryl methyl sites for hydroxylation is 1. The number of rotatable bonds is 10. The molecule has 0 unspecified atom stereocenters. The van der Waals surface area contributed by atoms with Gasteiger partial charge in [-0.15, -0.1) is 0 Å². The third-order valence-electron chi connectivity index (χ3n) is 5.69. The minimum absolute atomic E-state index is 0.130. The van der Waals surface area contributed by atoms with Gasteiger partial charge in [0.05, 0.1) is 16.3 Å². The molecule has 0 saturated carbocycles. The molecule has 8 nitrogen and oxygen atoms in total. The van der Waals surface area contributed by atoms with Crippen LogP contribution in [-0.4, -0.2) is 19.1 Å². The molecule has 9 heteroatoms. The molecule has 0 bridgehead atoms. The van der Waals surface area contributed by atoms with Crippen LogP contribution < -0.4 is 10.1 Å². The molecule has 2 N–H and O–H groups in total. The monoisotopic (exact) mass is 514 g/mol. The Hall–Kier alpha value is -4.50. The summed E-state index contributed by atoms with van der Waals surface area (Å²) in [4.78, 5) is 10.5. The van der Waals surface area contributed by atoms with Crippen LogP contribution in [-0.2, 0) is 22.9 Å². The van der Waals surface area contributed by atoms with Crippen LogP contribution in [0.2, 0.25) is 0 Å². The first kappa shape index (κ1) is 25.6. The van der Waals surface area contributed by atoms with Gasteiger partial charge in [-0.05, 0) is 35.7 Å². The second-order valence-electron chi connectivity index (χ2n) is 8.47. The van der Waals surface area contributed by atoms with E-state index in [1.54, 1.807) is 31.2 Å². The molecule has 0 fully saturated rings. The summed E-state index contributed by atoms with van der Waals surface area (Å²) in [5, 5.41) is 16.0. The van der Waals surface area contributed by atoms with Crippen LogP contribution in [0.25, 0.3) is 0 Å². The van der Waals surface area contributed by atoms with Gasteiger partial charge in [-0.3, -0.25) is 20.3 Å². The van der Waals surface area contributed by atoms with Gasteiger partial charge in [0.2, 0.25) is 0 Å². The van der Waals surface area contributed by atoms with Crippen LogP contribution >= 0.6 is 0 Å². The topological polar surface area (TPSA) is 114 Å². The molecular formula is C28H26N4O4S. The average molecular weight is 515 g/mol. The first-order valence-electron chi connectivity index (χ1n) is 11.6. The molecule has 0 aliphatic heterocycles. The zero-order chi connectivity index (χ0) is 26.3. The first-order valence-corrected chi connectivity index (χ1v) is 13.1. The Morgan fingerprint density at radius 3 is 1.95 bits per heavy atom. The Balaban J connectivity index is 1.70. The average Bonchev–Trinajstić information content (AvgIpc) is 2.89. The van der Waals surface area contributed by atoms with Crippen LogP contribution in [0.4, 0.5) is 17.1 Å². The number of nitro groups is 1. The molecule has 4 aromatic rings. The number of hydrogen-bond donors (Lipinski definition) is 2. The van der Waals surface area contributed by atoms with Crippen molar-refractivity contribution in [3.63, 3.8) is 0 Å². The van der Waals surface area contributed by atoms with Crippen molar-refractivity contribution in [2.75, 3.05) is 10.1 Å². The maximum absolute atomic E-state index is 13.4. The molecule has 0 aliphatic carbocycles. The second-order valence-corrected chi connectivity index (χ2v) is 10.1. The largest absolute Gasteiger partial charge is 0.279 e. The smallest absolute Gasteiger partial charge is 0.270 e. The van der Waals surface area contributed by atoms with Gasteiger partial charge in [-0.2, -0.15) is 5.10 Å². The second kappa shape index (κ2) is 11.5. The molecule has 37 heavy (non-hydrogen) atoms. The molecule has 0 saturated heterocycles. The fraction of sp³-hybridized carbons (Fsp3) is 0.107. The molecule has 188 valence electrons. The minimum Gasteiger partial charge on any atom is -0.279 e. The summed E-state index contributed by atoms with van der Waals surface area (Å²) in [6.45, 7) is 1.77. The predicted octanol–water partition coefficient (Wildman–Crippen LogP) is 5.96. The van der Waals surface area contributed by atoms with Crippen molar-refractivity contribution in [3.05, 3.63) is 130 Å². The number of nitrogens with zero attached hydrogens (tertiary/aromatic N) is 2. The van der Waals surface area contributed by atoms with Gasteiger partial charge in [-0.1, -0.05) is 78.9 Å². The van der Waals surface area contributed by atoms with Gasteiger partial charge < -0.3 is 0 Å². The van der Waals surface area contributed by atoms with Gasteiger partial charge >= 0.3 is 0 Å². The van der Waals surface area contributed by atoms with Gasteiger partial charge in [0.25, 0.3) is 15.7 Å². The van der Waals surface area contributed by atoms with Crippen molar-refractivity contribution in [2.45, 2.75) is 24.7 Å². The van der Waals surface area contributed by atoms with E-state index in [1.165, 1.54) is 12.1 Å². The molecule has 0 radical (unpaired) electrons. The highest BCUT2D eigenvalue weighted by molar-refractivity contribution is 7.92. The molecule has 0 atom stereocenters. The molecular weight excluding hydrogens is 488 g/mol. The quantitative estimate of drug-likeness (QED) is 0.154. The molecule has 4 aromatic carbocycles. The maximum Gasteiger partial charge on any atom is 0.270 e. The summed E-state index contributed by atoms with van der Waals surface area (Å²) in [7, 11) is -4.17. The molecule has 0 aromatic heterocycles. The Bertz CT molecular complexity index is 1480. The maximum atomic E-state index is 13.4. The van der Waals surface area contributed by atoms with Crippen molar-refractivity contribution in [2.24, 2.45) is 5.10 Å². The van der Waals surface area contributed by atoms with Gasteiger partial charge in [0.1, 0.15) is 4.90 Å². The number of hydrazone groups is 1. The molecule has 0 aliphatic rings. The van der Waals surface area contributed by atoms with Crippen molar-refractivity contribution in [3.8, 4) is 0 Å². The van der Waals surface area contributed by atoms with Crippen molar-refractivity contribution >= 4 is 32.8 Å². The Morgan fingerprint density at radius 2 is 1.38 bits per heavy atom. The summed E-state index contributed by atoms with van der Waals surface area (Å²) < 4.78 is 29.2. The first-order chi connectivity index (χ1) is 17.8. The highest BCUT2D eigenvalue weighted by atomic mass is 32.2. The summed E-state index contributed by atoms with van der Waals surface area (Å²) in [5.41, 5.74) is 6.64. The predicted molar refractivity (Wildman–Crippen MR) is 146 cm³/mol. The van der Waals surface area contributed by atoms with Crippen molar-refractivity contribution in [1.82, 2.24) is 0 Å². The van der Waals surface area contributed by atoms with E-state index in [1.807, 2.05) is 60.7 Å². The third-order valence-corrected chi connectivity index (χ3v) is 7.10. The number of hydrogen-bond acceptors (Lipinski definition) is 6. The Morgan fingerprint density at radius 1 is 0.811 bits per heavy atom. The highest BCUT2D eigenvalue weighted by Crippen LogP contribution is 2.29. The van der Waals surface area contributed by atoms with Crippen LogP contribution in [0.5, 0.6) is 0 Å². The van der Waals surface area contributed by atoms with Crippen LogP contribution in [0.15, 0.2) is 113 Å². The lowest BCUT2D eigenvalue weighted by Gasteiger charge is -2.14. The number of para-hydroxylation sites is 1. The zero-order valence-electron chi connectivity index (χ0n) is 20.2. The van der Waals surface area contributed by atoms with E-state index >= 15 is 0 Å². The van der Waals surface area contributed by atoms with E-state index < -0.39 is 14.9 Å². The number of benzene rings is 4. The van der Waals surface area contributed by atoms with E-state index in [0.717, 1.165) is 28.5 Å². The lowest BCUT2D eigenvalue weighted by Crippen LogP contribution is -2.16. The van der Waals surface area contributed by atoms with Crippen molar-refractivity contribution in [1.29, 1.82) is 0 Å². The summed E-state index contributed by atoms with van der Waals surface area (Å²) in [6.07, 6.45) is 1.08. The van der Waals surface area contributed by atoms with E-state index in [9.17, 15) is 18.5 Å². The Kier molecular flexibility index (Phi) is 7.95. The van der Waals surface area contributed by atoms with Crippen LogP contribution in [0.1, 0.15) is 16.7 Å². The molecule has 0 heterocycles. The summed E-state index contributed by atoms with van der Waals surface area (Å²) in [5.74, 6) is 0. The fourth-order valence-electron chi connectivity index (χ4n) is 3.77. The SMILES string of the molecule is Cc1ccccc1NS(=O)(=O)c1cc([N+](=O)[O-])ccc1NN=C(Cc1ccccc1)Cc1ccccc1. The molecule has 0 amide bonds. The van der Waals surface area contributed by atoms with E-state index in [2.05, 4.69) is 15.2 Å². The standard InChI is InChI=1S/C28H26N4O4S/c1-21-10-8-9-15-26(21)31-37(35,36)28-20-25(32(33)34)16-17-27(28)30-29-24(18-22-11-4-2-5-12-22)19-23-13-6-3-7-14-23/h2-17,20,30-31H,18-19H2,1H3. The summed E-state index contributed by atoms with van der Waals surface area (Å²) >= 11 is 0. The van der Waals surface area contributed by atoms with Crippen LogP contribution in [0, 0.1) is 17.0 Å². The highest BCUT2D eigenvalue weighted by Gasteiger charge is 2.23. The normalized spacial score (nSPS) is 10.9. The number of sulfonamides is 1. The van der Waals surface area contributed by atoms with E-state index in [0.29, 0.717) is 18.5 Å². The van der Waals surface area contributed by atoms with Gasteiger partial charge in [0, 0.05) is 30.7 Å². The number of non-ortho nitro benzene ring substituents is 1. The van der Waals surface area contributed by atoms with Crippen LogP contribution in [0.3, 0.4) is 0 Å². The van der Waals surface area contributed by atoms with Gasteiger partial charge in [-0.25, -0.2) is 8.42 Å². The Labute approximate surface area is 215 Å². The number of nitrogens with one attached hydrogen (secondary N) is 2. The lowest BCUT2D eigenvalue weighted by atomic mass is 10.0. The van der Waals surface area contributed by atoms with E-state index in [4.69, 9.17) is 0 Å². The zero-order valence-corrected chi connectivity index (χ0v) is 21.0. The minimum atomic E-state index is -4.17. The summed E-state index contributed by atoms with van der Waals surface area (Å²) in [6, 6.07) is 30.2.